The van der Waals surface area contributed by atoms with Crippen LogP contribution in [0, 0.1) is 6.92 Å². The lowest BCUT2D eigenvalue weighted by atomic mass is 10.0. The van der Waals surface area contributed by atoms with E-state index in [1.165, 1.54) is 24.0 Å². The van der Waals surface area contributed by atoms with Gasteiger partial charge in [0.1, 0.15) is 0 Å². The third-order valence-corrected chi connectivity index (χ3v) is 3.45. The molecule has 0 aliphatic heterocycles. The molecule has 0 aliphatic carbocycles. The maximum atomic E-state index is 5.31. The second-order valence-corrected chi connectivity index (χ2v) is 4.96. The minimum Gasteiger partial charge on any atom is -0.339 e. The number of hydrogen-bond acceptors (Lipinski definition) is 3. The van der Waals surface area contributed by atoms with E-state index in [1.807, 2.05) is 0 Å². The van der Waals surface area contributed by atoms with Gasteiger partial charge in [-0.05, 0) is 37.0 Å². The molecule has 19 heavy (non-hydrogen) atoms. The molecule has 1 heterocycles. The van der Waals surface area contributed by atoms with Crippen LogP contribution in [-0.2, 0) is 12.8 Å². The molecule has 2 aromatic rings. The van der Waals surface area contributed by atoms with Crippen molar-refractivity contribution in [2.45, 2.75) is 52.9 Å². The van der Waals surface area contributed by atoms with Crippen molar-refractivity contribution >= 4 is 0 Å². The van der Waals surface area contributed by atoms with Gasteiger partial charge in [-0.1, -0.05) is 44.0 Å². The highest BCUT2D eigenvalue weighted by Crippen LogP contribution is 2.20. The Morgan fingerprint density at radius 1 is 1.16 bits per heavy atom. The van der Waals surface area contributed by atoms with Crippen molar-refractivity contribution in [3.63, 3.8) is 0 Å². The first-order valence-corrected chi connectivity index (χ1v) is 7.17. The monoisotopic (exact) mass is 258 g/mol. The zero-order valence-electron chi connectivity index (χ0n) is 12.1. The van der Waals surface area contributed by atoms with E-state index in [-0.39, 0.29) is 0 Å². The van der Waals surface area contributed by atoms with E-state index in [0.717, 1.165) is 30.7 Å². The number of unbranched alkanes of at least 4 members (excludes halogenated alkanes) is 2. The Bertz CT molecular complexity index is 531. The molecule has 102 valence electrons. The molecule has 3 nitrogen and oxygen atoms in total. The fraction of sp³-hybridized carbons (Fsp3) is 0.500. The molecule has 1 aromatic carbocycles. The van der Waals surface area contributed by atoms with Crippen LogP contribution in [0.1, 0.15) is 50.1 Å². The minimum atomic E-state index is 0.709. The van der Waals surface area contributed by atoms with Crippen LogP contribution >= 0.6 is 0 Å². The summed E-state index contributed by atoms with van der Waals surface area (Å²) >= 11 is 0. The van der Waals surface area contributed by atoms with Crippen LogP contribution in [0.4, 0.5) is 0 Å². The topological polar surface area (TPSA) is 38.9 Å². The lowest BCUT2D eigenvalue weighted by Crippen LogP contribution is -1.90. The molecule has 0 N–H and O–H groups in total. The van der Waals surface area contributed by atoms with E-state index in [0.29, 0.717) is 5.82 Å². The van der Waals surface area contributed by atoms with Crippen LogP contribution in [0.2, 0.25) is 0 Å². The quantitative estimate of drug-likeness (QED) is 0.723. The largest absolute Gasteiger partial charge is 0.339 e. The highest BCUT2D eigenvalue weighted by Gasteiger charge is 2.09. The first-order valence-electron chi connectivity index (χ1n) is 7.17. The van der Waals surface area contributed by atoms with Crippen molar-refractivity contribution < 1.29 is 4.52 Å². The molecule has 0 saturated heterocycles. The molecule has 2 rings (SSSR count). The molecule has 0 saturated carbocycles. The van der Waals surface area contributed by atoms with Crippen molar-refractivity contribution in [1.82, 2.24) is 10.1 Å². The van der Waals surface area contributed by atoms with E-state index in [2.05, 4.69) is 49.1 Å². The van der Waals surface area contributed by atoms with Gasteiger partial charge in [0.05, 0.1) is 0 Å². The standard InChI is InChI=1S/C16H22N2O/c1-4-6-7-8-15-17-16(18-19-15)14-10-9-12(3)13(5-2)11-14/h9-11H,4-8H2,1-3H3. The van der Waals surface area contributed by atoms with Crippen molar-refractivity contribution in [1.29, 1.82) is 0 Å². The molecule has 0 unspecified atom stereocenters. The van der Waals surface area contributed by atoms with Gasteiger partial charge in [-0.2, -0.15) is 4.98 Å². The summed E-state index contributed by atoms with van der Waals surface area (Å²) in [5.74, 6) is 1.46. The average Bonchev–Trinajstić information content (AvgIpc) is 2.88. The van der Waals surface area contributed by atoms with Gasteiger partial charge in [-0.15, -0.1) is 0 Å². The first kappa shape index (κ1) is 13.8. The first-order chi connectivity index (χ1) is 9.24. The van der Waals surface area contributed by atoms with Crippen LogP contribution in [0.5, 0.6) is 0 Å². The third-order valence-electron chi connectivity index (χ3n) is 3.45. The SMILES string of the molecule is CCCCCc1nc(-c2ccc(C)c(CC)c2)no1. The average molecular weight is 258 g/mol. The molecule has 1 aromatic heterocycles. The number of aromatic nitrogens is 2. The predicted molar refractivity (Wildman–Crippen MR) is 77.1 cm³/mol. The zero-order chi connectivity index (χ0) is 13.7. The van der Waals surface area contributed by atoms with Crippen LogP contribution < -0.4 is 0 Å². The van der Waals surface area contributed by atoms with E-state index in [4.69, 9.17) is 4.52 Å². The van der Waals surface area contributed by atoms with Gasteiger partial charge in [0.25, 0.3) is 0 Å². The molecule has 0 spiro atoms. The third kappa shape index (κ3) is 3.43. The Morgan fingerprint density at radius 3 is 2.74 bits per heavy atom. The fourth-order valence-corrected chi connectivity index (χ4v) is 2.19. The highest BCUT2D eigenvalue weighted by atomic mass is 16.5. The fourth-order valence-electron chi connectivity index (χ4n) is 2.19. The van der Waals surface area contributed by atoms with Gasteiger partial charge >= 0.3 is 0 Å². The molecule has 0 fully saturated rings. The summed E-state index contributed by atoms with van der Waals surface area (Å²) in [4.78, 5) is 4.48. The number of aryl methyl sites for hydroxylation is 3. The van der Waals surface area contributed by atoms with Crippen LogP contribution in [0.15, 0.2) is 22.7 Å². The number of benzene rings is 1. The Kier molecular flexibility index (Phi) is 4.72. The zero-order valence-corrected chi connectivity index (χ0v) is 12.1. The normalized spacial score (nSPS) is 10.9. The van der Waals surface area contributed by atoms with Crippen LogP contribution in [0.3, 0.4) is 0 Å². The summed E-state index contributed by atoms with van der Waals surface area (Å²) in [6.07, 6.45) is 5.45. The van der Waals surface area contributed by atoms with Crippen molar-refractivity contribution in [2.75, 3.05) is 0 Å². The summed E-state index contributed by atoms with van der Waals surface area (Å²) in [5, 5.41) is 4.08. The van der Waals surface area contributed by atoms with Crippen LogP contribution in [0.25, 0.3) is 11.4 Å². The molecule has 3 heteroatoms. The molecular weight excluding hydrogens is 236 g/mol. The van der Waals surface area contributed by atoms with Gasteiger partial charge in [0, 0.05) is 12.0 Å². The molecule has 0 atom stereocenters. The maximum absolute atomic E-state index is 5.31. The number of hydrogen-bond donors (Lipinski definition) is 0. The Balaban J connectivity index is 2.13. The van der Waals surface area contributed by atoms with E-state index >= 15 is 0 Å². The van der Waals surface area contributed by atoms with Gasteiger partial charge in [-0.25, -0.2) is 0 Å². The molecule has 0 radical (unpaired) electrons. The van der Waals surface area contributed by atoms with Gasteiger partial charge in [0.2, 0.25) is 11.7 Å². The molecule has 0 amide bonds. The van der Waals surface area contributed by atoms with Crippen LogP contribution in [-0.4, -0.2) is 10.1 Å². The maximum Gasteiger partial charge on any atom is 0.226 e. The smallest absolute Gasteiger partial charge is 0.226 e. The van der Waals surface area contributed by atoms with Gasteiger partial charge in [-0.3, -0.25) is 0 Å². The van der Waals surface area contributed by atoms with Gasteiger partial charge < -0.3 is 4.52 Å². The van der Waals surface area contributed by atoms with E-state index < -0.39 is 0 Å². The Morgan fingerprint density at radius 2 is 2.00 bits per heavy atom. The number of rotatable bonds is 6. The highest BCUT2D eigenvalue weighted by molar-refractivity contribution is 5.56. The minimum absolute atomic E-state index is 0.709. The van der Waals surface area contributed by atoms with Crippen molar-refractivity contribution in [2.24, 2.45) is 0 Å². The van der Waals surface area contributed by atoms with Gasteiger partial charge in [0.15, 0.2) is 0 Å². The van der Waals surface area contributed by atoms with E-state index in [1.54, 1.807) is 0 Å². The summed E-state index contributed by atoms with van der Waals surface area (Å²) in [5.41, 5.74) is 3.71. The summed E-state index contributed by atoms with van der Waals surface area (Å²) in [6, 6.07) is 6.35. The summed E-state index contributed by atoms with van der Waals surface area (Å²) < 4.78 is 5.31. The summed E-state index contributed by atoms with van der Waals surface area (Å²) in [7, 11) is 0. The summed E-state index contributed by atoms with van der Waals surface area (Å²) in [6.45, 7) is 6.49. The number of nitrogens with zero attached hydrogens (tertiary/aromatic N) is 2. The molecule has 0 bridgehead atoms. The molecular formula is C16H22N2O. The van der Waals surface area contributed by atoms with E-state index in [9.17, 15) is 0 Å². The lowest BCUT2D eigenvalue weighted by molar-refractivity contribution is 0.374. The lowest BCUT2D eigenvalue weighted by Gasteiger charge is -2.03. The van der Waals surface area contributed by atoms with Crippen molar-refractivity contribution in [3.8, 4) is 11.4 Å². The molecule has 0 aliphatic rings. The predicted octanol–water partition coefficient (Wildman–Crippen LogP) is 4.34. The Labute approximate surface area is 115 Å². The van der Waals surface area contributed by atoms with Crippen molar-refractivity contribution in [3.05, 3.63) is 35.2 Å². The Hall–Kier alpha value is -1.64. The second kappa shape index (κ2) is 6.50. The second-order valence-electron chi connectivity index (χ2n) is 4.96.